The Kier molecular flexibility index (Phi) is 6.87. The molecule has 0 fully saturated rings. The number of imidazole rings is 2. The number of hydrogen-bond donors (Lipinski definition) is 0. The van der Waals surface area contributed by atoms with Gasteiger partial charge in [-0.25, -0.2) is 9.13 Å². The summed E-state index contributed by atoms with van der Waals surface area (Å²) in [5.41, 5.74) is 5.10. The van der Waals surface area contributed by atoms with Gasteiger partial charge in [0.2, 0.25) is 19.3 Å². The van der Waals surface area contributed by atoms with Gasteiger partial charge in [-0.15, -0.1) is 0 Å². The van der Waals surface area contributed by atoms with Crippen molar-refractivity contribution in [3.63, 3.8) is 0 Å². The van der Waals surface area contributed by atoms with Gasteiger partial charge < -0.3 is 34.0 Å². The highest BCUT2D eigenvalue weighted by Crippen LogP contribution is 2.17. The van der Waals surface area contributed by atoms with E-state index < -0.39 is 0 Å². The molecule has 4 rings (SSSR count). The van der Waals surface area contributed by atoms with E-state index in [0.29, 0.717) is 12.1 Å². The van der Waals surface area contributed by atoms with Crippen LogP contribution in [0.15, 0.2) is 61.2 Å². The van der Waals surface area contributed by atoms with E-state index in [-0.39, 0.29) is 34.0 Å². The molecule has 2 heterocycles. The molecule has 0 aliphatic rings. The fraction of sp³-hybridized carbons (Fsp3) is 0.333. The average molecular weight is 494 g/mol. The van der Waals surface area contributed by atoms with Gasteiger partial charge in [0.25, 0.3) is 0 Å². The molecule has 0 N–H and O–H groups in total. The second-order valence-corrected chi connectivity index (χ2v) is 7.29. The highest BCUT2D eigenvalue weighted by atomic mass is 79.9. The van der Waals surface area contributed by atoms with Gasteiger partial charge in [0.15, 0.2) is 22.1 Å². The summed E-state index contributed by atoms with van der Waals surface area (Å²) in [6.07, 6.45) is 4.48. The lowest BCUT2D eigenvalue weighted by Crippen LogP contribution is -3.00. The van der Waals surface area contributed by atoms with Crippen molar-refractivity contribution in [2.75, 3.05) is 0 Å². The minimum atomic E-state index is 0. The Morgan fingerprint density at radius 1 is 0.667 bits per heavy atom. The largest absolute Gasteiger partial charge is 1.00 e. The maximum absolute atomic E-state index is 2.34. The SMILES string of the molecule is CC(C)[n+]1cn(Cn2c[n+](C(C)C)c3ccccc32)c2ccccc21.[Br-].[Br-]. The number of nitrogens with zero attached hydrogens (tertiary/aromatic N) is 4. The predicted octanol–water partition coefficient (Wildman–Crippen LogP) is -2.15. The third-order valence-electron chi connectivity index (χ3n) is 4.88. The van der Waals surface area contributed by atoms with E-state index in [0.717, 1.165) is 6.67 Å². The van der Waals surface area contributed by atoms with Crippen LogP contribution in [0.4, 0.5) is 0 Å². The second kappa shape index (κ2) is 8.57. The zero-order valence-corrected chi connectivity index (χ0v) is 19.4. The number of hydrogen-bond acceptors (Lipinski definition) is 0. The monoisotopic (exact) mass is 492 g/mol. The van der Waals surface area contributed by atoms with Crippen molar-refractivity contribution < 1.29 is 43.1 Å². The molecule has 144 valence electrons. The topological polar surface area (TPSA) is 17.6 Å². The lowest BCUT2D eigenvalue weighted by atomic mass is 10.3. The Morgan fingerprint density at radius 3 is 1.41 bits per heavy atom. The van der Waals surface area contributed by atoms with Crippen molar-refractivity contribution in [2.45, 2.75) is 46.4 Å². The molecule has 27 heavy (non-hydrogen) atoms. The van der Waals surface area contributed by atoms with Gasteiger partial charge in [0.1, 0.15) is 0 Å². The summed E-state index contributed by atoms with van der Waals surface area (Å²) in [6, 6.07) is 18.2. The average Bonchev–Trinajstić information content (AvgIpc) is 3.15. The van der Waals surface area contributed by atoms with Crippen LogP contribution in [-0.4, -0.2) is 9.13 Å². The highest BCUT2D eigenvalue weighted by Gasteiger charge is 2.22. The molecule has 2 aromatic carbocycles. The standard InChI is InChI=1S/C21H26N4.2BrH/c1-16(2)24-14-22(18-9-5-7-11-20(18)24)13-23-15-25(17(3)4)21-12-8-6-10-19(21)23;;/h5-12,14-17H,13H2,1-4H3;2*1H/q+2;;/p-2. The Labute approximate surface area is 181 Å². The number of rotatable bonds is 4. The molecular weight excluding hydrogens is 468 g/mol. The third kappa shape index (κ3) is 3.83. The molecule has 4 aromatic rings. The van der Waals surface area contributed by atoms with Crippen molar-refractivity contribution in [3.8, 4) is 0 Å². The summed E-state index contributed by atoms with van der Waals surface area (Å²) in [7, 11) is 0. The summed E-state index contributed by atoms with van der Waals surface area (Å²) >= 11 is 0. The van der Waals surface area contributed by atoms with Crippen LogP contribution in [-0.2, 0) is 6.67 Å². The van der Waals surface area contributed by atoms with E-state index >= 15 is 0 Å². The number of halogens is 2. The van der Waals surface area contributed by atoms with Crippen molar-refractivity contribution in [3.05, 3.63) is 61.2 Å². The molecule has 0 aliphatic heterocycles. The number of para-hydroxylation sites is 4. The Hall–Kier alpha value is -1.66. The van der Waals surface area contributed by atoms with Crippen LogP contribution in [0.1, 0.15) is 39.8 Å². The quantitative estimate of drug-likeness (QED) is 0.288. The van der Waals surface area contributed by atoms with Crippen LogP contribution in [0.2, 0.25) is 0 Å². The van der Waals surface area contributed by atoms with E-state index in [1.54, 1.807) is 0 Å². The van der Waals surface area contributed by atoms with E-state index in [1.165, 1.54) is 22.1 Å². The van der Waals surface area contributed by atoms with Crippen LogP contribution in [0.5, 0.6) is 0 Å². The zero-order chi connectivity index (χ0) is 17.6. The van der Waals surface area contributed by atoms with Gasteiger partial charge in [-0.3, -0.25) is 0 Å². The first-order chi connectivity index (χ1) is 12.1. The Morgan fingerprint density at radius 2 is 1.04 bits per heavy atom. The van der Waals surface area contributed by atoms with Crippen molar-refractivity contribution in [1.82, 2.24) is 9.13 Å². The van der Waals surface area contributed by atoms with E-state index in [2.05, 4.69) is 107 Å². The predicted molar refractivity (Wildman–Crippen MR) is 100 cm³/mol. The highest BCUT2D eigenvalue weighted by molar-refractivity contribution is 5.73. The fourth-order valence-electron chi connectivity index (χ4n) is 3.61. The van der Waals surface area contributed by atoms with Gasteiger partial charge in [0.05, 0.1) is 12.1 Å². The van der Waals surface area contributed by atoms with Crippen LogP contribution >= 0.6 is 0 Å². The number of fused-ring (bicyclic) bond motifs is 2. The molecule has 0 bridgehead atoms. The number of aromatic nitrogens is 4. The molecule has 0 spiro atoms. The Bertz CT molecular complexity index is 963. The van der Waals surface area contributed by atoms with Gasteiger partial charge in [-0.1, -0.05) is 24.3 Å². The van der Waals surface area contributed by atoms with E-state index in [9.17, 15) is 0 Å². The molecule has 4 nitrogen and oxygen atoms in total. The normalized spacial score (nSPS) is 11.2. The van der Waals surface area contributed by atoms with Crippen LogP contribution in [0.3, 0.4) is 0 Å². The molecule has 0 amide bonds. The smallest absolute Gasteiger partial charge is 0.248 e. The van der Waals surface area contributed by atoms with Crippen LogP contribution in [0.25, 0.3) is 22.1 Å². The molecule has 0 radical (unpaired) electrons. The van der Waals surface area contributed by atoms with Crippen molar-refractivity contribution >= 4 is 22.1 Å². The fourth-order valence-corrected chi connectivity index (χ4v) is 3.61. The Balaban J connectivity index is 0.00000131. The maximum Gasteiger partial charge on any atom is 0.248 e. The van der Waals surface area contributed by atoms with Gasteiger partial charge >= 0.3 is 0 Å². The second-order valence-electron chi connectivity index (χ2n) is 7.29. The summed E-state index contributed by atoms with van der Waals surface area (Å²) in [5, 5.41) is 0. The minimum absolute atomic E-state index is 0. The molecule has 6 heteroatoms. The molecule has 2 aromatic heterocycles. The molecule has 0 saturated carbocycles. The van der Waals surface area contributed by atoms with Crippen molar-refractivity contribution in [2.24, 2.45) is 0 Å². The van der Waals surface area contributed by atoms with Crippen LogP contribution in [0, 0.1) is 0 Å². The first kappa shape index (κ1) is 21.6. The molecule has 0 aliphatic carbocycles. The summed E-state index contributed by atoms with van der Waals surface area (Å²) in [4.78, 5) is 0. The summed E-state index contributed by atoms with van der Waals surface area (Å²) < 4.78 is 9.37. The van der Waals surface area contributed by atoms with E-state index in [4.69, 9.17) is 0 Å². The molecule has 0 atom stereocenters. The van der Waals surface area contributed by atoms with E-state index in [1.807, 2.05) is 0 Å². The van der Waals surface area contributed by atoms with Crippen molar-refractivity contribution in [1.29, 1.82) is 0 Å². The summed E-state index contributed by atoms with van der Waals surface area (Å²) in [6.45, 7) is 9.73. The first-order valence-electron chi connectivity index (χ1n) is 9.04. The van der Waals surface area contributed by atoms with Gasteiger partial charge in [-0.2, -0.15) is 9.13 Å². The minimum Gasteiger partial charge on any atom is -1.00 e. The maximum atomic E-state index is 2.34. The lowest BCUT2D eigenvalue weighted by molar-refractivity contribution is -0.692. The molecule has 0 saturated heterocycles. The number of benzene rings is 2. The third-order valence-corrected chi connectivity index (χ3v) is 4.88. The van der Waals surface area contributed by atoms with Gasteiger partial charge in [-0.05, 0) is 52.0 Å². The summed E-state index contributed by atoms with van der Waals surface area (Å²) in [5.74, 6) is 0. The molecule has 0 unspecified atom stereocenters. The zero-order valence-electron chi connectivity index (χ0n) is 16.2. The lowest BCUT2D eigenvalue weighted by Gasteiger charge is -1.99. The van der Waals surface area contributed by atoms with Crippen LogP contribution < -0.4 is 43.1 Å². The first-order valence-corrected chi connectivity index (χ1v) is 9.04. The molecular formula is C21H26Br2N4. The van der Waals surface area contributed by atoms with Gasteiger partial charge in [0, 0.05) is 0 Å².